The van der Waals surface area contributed by atoms with Gasteiger partial charge in [0.25, 0.3) is 5.91 Å². The fraction of sp³-hybridized carbons (Fsp3) is 0.0588. The van der Waals surface area contributed by atoms with Gasteiger partial charge in [0, 0.05) is 23.1 Å². The summed E-state index contributed by atoms with van der Waals surface area (Å²) in [5, 5.41) is 8.57. The number of amides is 3. The minimum atomic E-state index is -0.327. The van der Waals surface area contributed by atoms with Gasteiger partial charge in [-0.25, -0.2) is 9.18 Å². The Kier molecular flexibility index (Phi) is 4.43. The molecule has 2 aromatic carbocycles. The number of rotatable bonds is 3. The van der Waals surface area contributed by atoms with Crippen LogP contribution in [0.4, 0.5) is 20.6 Å². The van der Waals surface area contributed by atoms with Crippen molar-refractivity contribution in [1.82, 2.24) is 5.32 Å². The van der Waals surface area contributed by atoms with Gasteiger partial charge in [0.15, 0.2) is 0 Å². The highest BCUT2D eigenvalue weighted by Crippen LogP contribution is 2.27. The number of thiophene rings is 1. The fourth-order valence-corrected chi connectivity index (χ4v) is 3.09. The zero-order chi connectivity index (χ0) is 17.1. The number of fused-ring (bicyclic) bond motifs is 1. The summed E-state index contributed by atoms with van der Waals surface area (Å²) in [6.45, 7) is 0. The molecule has 24 heavy (non-hydrogen) atoms. The smallest absolute Gasteiger partial charge is 0.318 e. The molecule has 7 heteroatoms. The number of carbonyl (C=O) groups excluding carboxylic acids is 2. The van der Waals surface area contributed by atoms with E-state index in [9.17, 15) is 14.0 Å². The molecule has 3 amide bonds. The van der Waals surface area contributed by atoms with Crippen molar-refractivity contribution in [2.45, 2.75) is 0 Å². The van der Waals surface area contributed by atoms with E-state index in [0.29, 0.717) is 21.6 Å². The van der Waals surface area contributed by atoms with Crippen molar-refractivity contribution in [2.75, 3.05) is 17.7 Å². The Bertz CT molecular complexity index is 906. The maximum atomic E-state index is 13.2. The molecule has 3 aromatic rings. The van der Waals surface area contributed by atoms with Crippen LogP contribution < -0.4 is 16.0 Å². The van der Waals surface area contributed by atoms with E-state index in [1.807, 2.05) is 0 Å². The lowest BCUT2D eigenvalue weighted by Gasteiger charge is -2.06. The van der Waals surface area contributed by atoms with Crippen LogP contribution in [0, 0.1) is 5.82 Å². The molecule has 0 saturated heterocycles. The first-order valence-corrected chi connectivity index (χ1v) is 7.96. The topological polar surface area (TPSA) is 70.2 Å². The predicted molar refractivity (Wildman–Crippen MR) is 94.3 cm³/mol. The molecule has 0 spiro atoms. The molecule has 0 saturated carbocycles. The minimum absolute atomic E-state index is 0.261. The van der Waals surface area contributed by atoms with Crippen LogP contribution >= 0.6 is 11.3 Å². The van der Waals surface area contributed by atoms with Gasteiger partial charge in [0.2, 0.25) is 0 Å². The summed E-state index contributed by atoms with van der Waals surface area (Å²) < 4.78 is 14.1. The van der Waals surface area contributed by atoms with E-state index >= 15 is 0 Å². The summed E-state index contributed by atoms with van der Waals surface area (Å²) in [6.07, 6.45) is 0. The first-order chi connectivity index (χ1) is 11.5. The molecule has 0 atom stereocenters. The van der Waals surface area contributed by atoms with Crippen LogP contribution in [0.2, 0.25) is 0 Å². The number of benzene rings is 2. The monoisotopic (exact) mass is 343 g/mol. The Balaban J connectivity index is 1.72. The summed E-state index contributed by atoms with van der Waals surface area (Å²) in [4.78, 5) is 24.0. The maximum Gasteiger partial charge on any atom is 0.318 e. The molecule has 0 aliphatic carbocycles. The molecule has 5 nitrogen and oxygen atoms in total. The van der Waals surface area contributed by atoms with E-state index in [1.54, 1.807) is 36.4 Å². The Morgan fingerprint density at radius 3 is 2.29 bits per heavy atom. The van der Waals surface area contributed by atoms with Crippen molar-refractivity contribution in [3.05, 3.63) is 59.2 Å². The van der Waals surface area contributed by atoms with Gasteiger partial charge in [-0.3, -0.25) is 4.79 Å². The third-order valence-corrected chi connectivity index (χ3v) is 4.44. The van der Waals surface area contributed by atoms with Crippen LogP contribution in [-0.2, 0) is 0 Å². The standard InChI is InChI=1S/C17H14FN3O2S/c1-19-17(23)21-13-5-3-12(4-6-13)20-16(22)15-9-10-8-11(18)2-7-14(10)24-15/h2-9H,1H3,(H,20,22)(H2,19,21,23). The van der Waals surface area contributed by atoms with Crippen LogP contribution in [0.25, 0.3) is 10.1 Å². The maximum absolute atomic E-state index is 13.2. The molecule has 3 N–H and O–H groups in total. The fourth-order valence-electron chi connectivity index (χ4n) is 2.15. The van der Waals surface area contributed by atoms with Gasteiger partial charge in [-0.15, -0.1) is 11.3 Å². The third kappa shape index (κ3) is 3.52. The lowest BCUT2D eigenvalue weighted by molar-refractivity contribution is 0.103. The SMILES string of the molecule is CNC(=O)Nc1ccc(NC(=O)c2cc3cc(F)ccc3s2)cc1. The average Bonchev–Trinajstić information content (AvgIpc) is 2.99. The van der Waals surface area contributed by atoms with Crippen molar-refractivity contribution in [3.8, 4) is 0 Å². The molecule has 0 fully saturated rings. The van der Waals surface area contributed by atoms with Crippen LogP contribution in [0.3, 0.4) is 0 Å². The highest BCUT2D eigenvalue weighted by molar-refractivity contribution is 7.20. The summed E-state index contributed by atoms with van der Waals surface area (Å²) in [5.41, 5.74) is 1.22. The van der Waals surface area contributed by atoms with E-state index in [2.05, 4.69) is 16.0 Å². The van der Waals surface area contributed by atoms with E-state index < -0.39 is 0 Å². The summed E-state index contributed by atoms with van der Waals surface area (Å²) in [7, 11) is 1.53. The number of hydrogen-bond donors (Lipinski definition) is 3. The third-order valence-electron chi connectivity index (χ3n) is 3.33. The van der Waals surface area contributed by atoms with Crippen molar-refractivity contribution < 1.29 is 14.0 Å². The molecule has 0 radical (unpaired) electrons. The van der Waals surface area contributed by atoms with E-state index in [4.69, 9.17) is 0 Å². The second kappa shape index (κ2) is 6.67. The van der Waals surface area contributed by atoms with Crippen molar-refractivity contribution in [2.24, 2.45) is 0 Å². The molecule has 1 heterocycles. The summed E-state index contributed by atoms with van der Waals surface area (Å²) in [5.74, 6) is -0.588. The van der Waals surface area contributed by atoms with Gasteiger partial charge in [-0.2, -0.15) is 0 Å². The van der Waals surface area contributed by atoms with Crippen molar-refractivity contribution >= 4 is 44.7 Å². The Morgan fingerprint density at radius 1 is 0.958 bits per heavy atom. The van der Waals surface area contributed by atoms with Crippen molar-refractivity contribution in [3.63, 3.8) is 0 Å². The number of halogens is 1. The molecular weight excluding hydrogens is 329 g/mol. The largest absolute Gasteiger partial charge is 0.341 e. The quantitative estimate of drug-likeness (QED) is 0.671. The van der Waals surface area contributed by atoms with E-state index in [-0.39, 0.29) is 17.8 Å². The second-order valence-corrected chi connectivity index (χ2v) is 6.11. The molecule has 0 bridgehead atoms. The van der Waals surface area contributed by atoms with Crippen molar-refractivity contribution in [1.29, 1.82) is 0 Å². The lowest BCUT2D eigenvalue weighted by atomic mass is 10.2. The Hall–Kier alpha value is -2.93. The van der Waals surface area contributed by atoms with Gasteiger partial charge in [0.05, 0.1) is 4.88 Å². The predicted octanol–water partition coefficient (Wildman–Crippen LogP) is 4.04. The highest BCUT2D eigenvalue weighted by Gasteiger charge is 2.11. The molecule has 1 aromatic heterocycles. The molecule has 3 rings (SSSR count). The second-order valence-electron chi connectivity index (χ2n) is 5.03. The lowest BCUT2D eigenvalue weighted by Crippen LogP contribution is -2.24. The number of anilines is 2. The Morgan fingerprint density at radius 2 is 1.62 bits per heavy atom. The number of hydrogen-bond acceptors (Lipinski definition) is 3. The van der Waals surface area contributed by atoms with Crippen LogP contribution in [0.15, 0.2) is 48.5 Å². The molecular formula is C17H14FN3O2S. The number of urea groups is 1. The molecule has 0 aliphatic rings. The normalized spacial score (nSPS) is 10.4. The average molecular weight is 343 g/mol. The van der Waals surface area contributed by atoms with E-state index in [0.717, 1.165) is 4.70 Å². The van der Waals surface area contributed by atoms with Crippen LogP contribution in [0.5, 0.6) is 0 Å². The van der Waals surface area contributed by atoms with Crippen LogP contribution in [-0.4, -0.2) is 19.0 Å². The zero-order valence-electron chi connectivity index (χ0n) is 12.7. The van der Waals surface area contributed by atoms with Gasteiger partial charge < -0.3 is 16.0 Å². The highest BCUT2D eigenvalue weighted by atomic mass is 32.1. The summed E-state index contributed by atoms with van der Waals surface area (Å²) in [6, 6.07) is 12.5. The van der Waals surface area contributed by atoms with Gasteiger partial charge >= 0.3 is 6.03 Å². The minimum Gasteiger partial charge on any atom is -0.341 e. The number of nitrogens with one attached hydrogen (secondary N) is 3. The Labute approximate surface area is 141 Å². The zero-order valence-corrected chi connectivity index (χ0v) is 13.5. The van der Waals surface area contributed by atoms with Crippen LogP contribution in [0.1, 0.15) is 9.67 Å². The first-order valence-electron chi connectivity index (χ1n) is 7.14. The number of carbonyl (C=O) groups is 2. The van der Waals surface area contributed by atoms with Gasteiger partial charge in [0.1, 0.15) is 5.82 Å². The molecule has 122 valence electrons. The molecule has 0 aliphatic heterocycles. The van der Waals surface area contributed by atoms with Gasteiger partial charge in [-0.05, 0) is 53.9 Å². The molecule has 0 unspecified atom stereocenters. The summed E-state index contributed by atoms with van der Waals surface area (Å²) >= 11 is 1.30. The van der Waals surface area contributed by atoms with Gasteiger partial charge in [-0.1, -0.05) is 0 Å². The van der Waals surface area contributed by atoms with E-state index in [1.165, 1.54) is 30.5 Å². The first kappa shape index (κ1) is 15.9.